The molecule has 0 bridgehead atoms. The first-order valence-corrected chi connectivity index (χ1v) is 29.5. The van der Waals surface area contributed by atoms with Gasteiger partial charge in [-0.15, -0.1) is 0 Å². The quantitative estimate of drug-likeness (QED) is 0.152. The number of nitrogens with zero attached hydrogens (tertiary/aromatic N) is 4. The van der Waals surface area contributed by atoms with Crippen LogP contribution in [0.1, 0.15) is 80.5 Å². The summed E-state index contributed by atoms with van der Waals surface area (Å²) in [6.07, 6.45) is 11.1. The molecule has 0 N–H and O–H groups in total. The van der Waals surface area contributed by atoms with Crippen LogP contribution in [0.15, 0.2) is 252 Å². The van der Waals surface area contributed by atoms with Crippen molar-refractivity contribution in [1.82, 2.24) is 9.13 Å². The summed E-state index contributed by atoms with van der Waals surface area (Å²) in [5.41, 5.74) is 27.7. The molecule has 0 aliphatic heterocycles. The van der Waals surface area contributed by atoms with Gasteiger partial charge < -0.3 is 23.4 Å². The van der Waals surface area contributed by atoms with E-state index in [0.29, 0.717) is 0 Å². The van der Waals surface area contributed by atoms with Gasteiger partial charge in [-0.3, -0.25) is 0 Å². The lowest BCUT2D eigenvalue weighted by Gasteiger charge is -2.30. The van der Waals surface area contributed by atoms with E-state index in [1.54, 1.807) is 5.57 Å². The van der Waals surface area contributed by atoms with Crippen molar-refractivity contribution in [3.05, 3.63) is 281 Å². The summed E-state index contributed by atoms with van der Waals surface area (Å²) in [7, 11) is 0. The molecule has 17 rings (SSSR count). The van der Waals surface area contributed by atoms with Gasteiger partial charge in [0.2, 0.25) is 0 Å². The summed E-state index contributed by atoms with van der Waals surface area (Å²) < 4.78 is 12.9. The highest BCUT2D eigenvalue weighted by atomic mass is 16.3. The van der Waals surface area contributed by atoms with Crippen LogP contribution in [-0.2, 0) is 17.3 Å². The number of hydrogen-bond donors (Lipinski definition) is 0. The zero-order chi connectivity index (χ0) is 55.3. The molecular weight excluding hydrogens is 1010 g/mol. The topological polar surface area (TPSA) is 29.5 Å². The Morgan fingerprint density at radius 2 is 0.952 bits per heavy atom. The number of anilines is 5. The van der Waals surface area contributed by atoms with Gasteiger partial charge in [0.25, 0.3) is 0 Å². The molecule has 0 amide bonds. The maximum atomic E-state index is 7.81. The van der Waals surface area contributed by atoms with E-state index < -0.39 is 0 Å². The molecule has 0 unspecified atom stereocenters. The smallest absolute Gasteiger partial charge is 0.145 e. The van der Waals surface area contributed by atoms with Crippen molar-refractivity contribution in [2.24, 2.45) is 0 Å². The van der Waals surface area contributed by atoms with E-state index in [2.05, 4.69) is 289 Å². The van der Waals surface area contributed by atoms with E-state index in [1.165, 1.54) is 61.6 Å². The van der Waals surface area contributed by atoms with Gasteiger partial charge in [0, 0.05) is 83.8 Å². The molecule has 3 aromatic heterocycles. The third-order valence-electron chi connectivity index (χ3n) is 19.1. The second kappa shape index (κ2) is 17.8. The molecule has 4 aliphatic rings. The van der Waals surface area contributed by atoms with Crippen LogP contribution in [0.3, 0.4) is 0 Å². The minimum atomic E-state index is -0.163. The predicted molar refractivity (Wildman–Crippen MR) is 347 cm³/mol. The van der Waals surface area contributed by atoms with E-state index in [4.69, 9.17) is 4.42 Å². The highest BCUT2D eigenvalue weighted by Crippen LogP contribution is 2.54. The molecule has 0 atom stereocenters. The summed E-state index contributed by atoms with van der Waals surface area (Å²) in [5.74, 6) is 0. The molecule has 13 aromatic rings. The number of furan rings is 1. The Hall–Kier alpha value is -9.84. The molecule has 4 aliphatic carbocycles. The highest BCUT2D eigenvalue weighted by Gasteiger charge is 2.39. The summed E-state index contributed by atoms with van der Waals surface area (Å²) in [6, 6.07) is 82.9. The van der Waals surface area contributed by atoms with Crippen molar-refractivity contribution in [3.8, 4) is 22.5 Å². The molecule has 0 spiro atoms. The van der Waals surface area contributed by atoms with Crippen LogP contribution in [0.5, 0.6) is 0 Å². The summed E-state index contributed by atoms with van der Waals surface area (Å²) in [5, 5.41) is 5.59. The molecule has 0 fully saturated rings. The van der Waals surface area contributed by atoms with Gasteiger partial charge in [-0.05, 0) is 186 Å². The van der Waals surface area contributed by atoms with E-state index in [9.17, 15) is 0 Å². The highest BCUT2D eigenvalue weighted by molar-refractivity contribution is 6.27. The predicted octanol–water partition coefficient (Wildman–Crippen LogP) is 20.9. The Morgan fingerprint density at radius 1 is 0.410 bits per heavy atom. The van der Waals surface area contributed by atoms with Crippen molar-refractivity contribution in [2.75, 3.05) is 9.80 Å². The summed E-state index contributed by atoms with van der Waals surface area (Å²) in [6.45, 7) is 9.61. The first-order valence-electron chi connectivity index (χ1n) is 29.5. The third kappa shape index (κ3) is 6.94. The molecular formula is C78H60N4O. The molecule has 5 heteroatoms. The van der Waals surface area contributed by atoms with Crippen molar-refractivity contribution in [2.45, 2.75) is 64.2 Å². The van der Waals surface area contributed by atoms with Crippen LogP contribution in [0.4, 0.5) is 28.4 Å². The zero-order valence-electron chi connectivity index (χ0n) is 47.1. The van der Waals surface area contributed by atoms with Crippen LogP contribution < -0.4 is 9.80 Å². The molecule has 5 nitrogen and oxygen atoms in total. The van der Waals surface area contributed by atoms with Crippen molar-refractivity contribution >= 4 is 94.7 Å². The lowest BCUT2D eigenvalue weighted by Crippen LogP contribution is -2.20. The average molecular weight is 1070 g/mol. The van der Waals surface area contributed by atoms with Gasteiger partial charge in [0.05, 0.1) is 27.3 Å². The van der Waals surface area contributed by atoms with Crippen molar-refractivity contribution in [3.63, 3.8) is 0 Å². The van der Waals surface area contributed by atoms with Crippen LogP contribution in [0.2, 0.25) is 0 Å². The number of benzene rings is 10. The minimum Gasteiger partial charge on any atom is -0.455 e. The monoisotopic (exact) mass is 1070 g/mol. The van der Waals surface area contributed by atoms with Gasteiger partial charge in [-0.1, -0.05) is 155 Å². The number of aromatic nitrogens is 2. The van der Waals surface area contributed by atoms with Gasteiger partial charge in [0.15, 0.2) is 0 Å². The second-order valence-corrected chi connectivity index (χ2v) is 24.2. The lowest BCUT2D eigenvalue weighted by molar-refractivity contribution is 0.607. The van der Waals surface area contributed by atoms with Crippen LogP contribution in [-0.4, -0.2) is 9.13 Å². The SMILES string of the molecule is CC1(C)C2=C(C=CCC2)c2ccc(-n3c4c(c5c6oc7c(ccc8c7c7cc(N(c9ccccc9)c9ccccc9)ccc7n8-c7ccc8c(c7)C(C)(C)c7ccccc7-8)c6ccc53)C=C(N(c3ccccc3)c3ccccc3)CC4)cc21. The largest absolute Gasteiger partial charge is 0.455 e. The molecule has 0 saturated carbocycles. The number of para-hydroxylation sites is 4. The molecule has 83 heavy (non-hydrogen) atoms. The van der Waals surface area contributed by atoms with Gasteiger partial charge in [-0.25, -0.2) is 0 Å². The zero-order valence-corrected chi connectivity index (χ0v) is 47.1. The first-order chi connectivity index (χ1) is 40.7. The first kappa shape index (κ1) is 47.9. The van der Waals surface area contributed by atoms with Gasteiger partial charge in [0.1, 0.15) is 11.2 Å². The maximum absolute atomic E-state index is 7.81. The van der Waals surface area contributed by atoms with Crippen molar-refractivity contribution in [1.29, 1.82) is 0 Å². The van der Waals surface area contributed by atoms with Crippen LogP contribution in [0, 0.1) is 0 Å². The Balaban J connectivity index is 0.945. The van der Waals surface area contributed by atoms with Crippen LogP contribution in [0.25, 0.3) is 88.8 Å². The number of hydrogen-bond acceptors (Lipinski definition) is 3. The number of fused-ring (bicyclic) bond motifs is 16. The van der Waals surface area contributed by atoms with E-state index in [1.807, 2.05) is 0 Å². The lowest BCUT2D eigenvalue weighted by atomic mass is 9.78. The number of rotatable bonds is 8. The molecule has 0 saturated heterocycles. The van der Waals surface area contributed by atoms with Crippen molar-refractivity contribution < 1.29 is 4.42 Å². The standard InChI is InChI=1S/C78H60N4O/c1-77(2)65-31-19-17-29-57(65)59-37-33-55(47-67(59)77)81-69-41-35-53(79(49-21-9-5-10-22-49)50-23-11-6-12-24-50)45-63(69)73-71(81)43-39-61-62-40-44-72-74(76(62)83-75(61)73)64-46-54(80(51-25-13-7-14-26-51)52-27-15-8-16-28-52)36-42-70(64)82(72)56-34-38-60-58-30-18-20-32-66(58)78(3,4)68(60)48-56/h5-19,21-31,33-35,37-41,43-48H,20,32,36,42H2,1-4H3. The summed E-state index contributed by atoms with van der Waals surface area (Å²) in [4.78, 5) is 4.82. The second-order valence-electron chi connectivity index (χ2n) is 24.2. The number of allylic oxidation sites excluding steroid dienone is 5. The average Bonchev–Trinajstić information content (AvgIpc) is 2.20. The van der Waals surface area contributed by atoms with E-state index >= 15 is 0 Å². The van der Waals surface area contributed by atoms with Gasteiger partial charge in [-0.2, -0.15) is 0 Å². The Kier molecular flexibility index (Phi) is 10.3. The fraction of sp³-hybridized carbons (Fsp3) is 0.128. The maximum Gasteiger partial charge on any atom is 0.145 e. The van der Waals surface area contributed by atoms with E-state index in [-0.39, 0.29) is 10.8 Å². The fourth-order valence-corrected chi connectivity index (χ4v) is 15.2. The van der Waals surface area contributed by atoms with E-state index in [0.717, 1.165) is 114 Å². The molecule has 0 radical (unpaired) electrons. The fourth-order valence-electron chi connectivity index (χ4n) is 15.2. The Bertz CT molecular complexity index is 4870. The Labute approximate surface area is 483 Å². The third-order valence-corrected chi connectivity index (χ3v) is 19.1. The van der Waals surface area contributed by atoms with Gasteiger partial charge >= 0.3 is 0 Å². The van der Waals surface area contributed by atoms with Crippen LogP contribution >= 0.6 is 0 Å². The molecule has 10 aromatic carbocycles. The Morgan fingerprint density at radius 3 is 1.61 bits per heavy atom. The summed E-state index contributed by atoms with van der Waals surface area (Å²) >= 11 is 0. The molecule has 3 heterocycles. The minimum absolute atomic E-state index is 0.0654. The normalized spacial score (nSPS) is 15.4. The molecule has 398 valence electrons.